The number of hydrogen-bond donors (Lipinski definition) is 1. The Morgan fingerprint density at radius 3 is 2.42 bits per heavy atom. The van der Waals surface area contributed by atoms with E-state index in [0.717, 1.165) is 30.5 Å². The van der Waals surface area contributed by atoms with Gasteiger partial charge < -0.3 is 10.6 Å². The molecule has 1 aliphatic heterocycles. The molecule has 2 N–H and O–H groups in total. The number of aromatic nitrogens is 2. The Bertz CT molecular complexity index is 1100. The number of anilines is 1. The Labute approximate surface area is 194 Å². The third-order valence-corrected chi connectivity index (χ3v) is 6.41. The zero-order valence-electron chi connectivity index (χ0n) is 19.3. The molecule has 3 aromatic rings. The van der Waals surface area contributed by atoms with Gasteiger partial charge in [-0.2, -0.15) is 0 Å². The van der Waals surface area contributed by atoms with Crippen LogP contribution >= 0.6 is 0 Å². The van der Waals surface area contributed by atoms with Crippen LogP contribution < -0.4 is 10.6 Å². The Morgan fingerprint density at radius 1 is 1.06 bits per heavy atom. The lowest BCUT2D eigenvalue weighted by Gasteiger charge is -2.27. The molecule has 4 rings (SSSR count). The minimum atomic E-state index is -0.352. The topological polar surface area (TPSA) is 72.1 Å². The van der Waals surface area contributed by atoms with Gasteiger partial charge in [-0.05, 0) is 53.9 Å². The van der Waals surface area contributed by atoms with Crippen molar-refractivity contribution < 1.29 is 9.18 Å². The summed E-state index contributed by atoms with van der Waals surface area (Å²) in [5.74, 6) is 0.204. The Kier molecular flexibility index (Phi) is 7.02. The van der Waals surface area contributed by atoms with E-state index in [1.165, 1.54) is 17.5 Å². The molecule has 0 saturated carbocycles. The quantitative estimate of drug-likeness (QED) is 0.535. The minimum absolute atomic E-state index is 0.126. The van der Waals surface area contributed by atoms with Gasteiger partial charge >= 0.3 is 0 Å². The van der Waals surface area contributed by atoms with Gasteiger partial charge in [0.25, 0.3) is 0 Å². The van der Waals surface area contributed by atoms with Crippen molar-refractivity contribution in [3.8, 4) is 0 Å². The lowest BCUT2D eigenvalue weighted by atomic mass is 9.98. The van der Waals surface area contributed by atoms with E-state index in [2.05, 4.69) is 53.0 Å². The summed E-state index contributed by atoms with van der Waals surface area (Å²) in [6.45, 7) is 5.15. The number of nitrogens with zero attached hydrogens (tertiary/aromatic N) is 3. The van der Waals surface area contributed by atoms with Crippen molar-refractivity contribution in [3.05, 3.63) is 88.6 Å². The standard InChI is InChI=1S/C27H31FN4O/c1-18(2)21-10-12-22(13-11-21)24-4-3-15-32(24)27-26(28)23(30-17-31-27)14-9-19-5-7-20(8-6-19)16-25(29)33/h5-8,10-13,17-18,24H,3-4,9,14-16H2,1-2H3,(H2,29,33). The molecule has 2 aromatic carbocycles. The molecule has 2 heterocycles. The van der Waals surface area contributed by atoms with Gasteiger partial charge in [0.15, 0.2) is 11.6 Å². The summed E-state index contributed by atoms with van der Waals surface area (Å²) in [7, 11) is 0. The number of nitrogens with two attached hydrogens (primary N) is 1. The van der Waals surface area contributed by atoms with Crippen LogP contribution in [0, 0.1) is 5.82 Å². The Balaban J connectivity index is 1.48. The highest BCUT2D eigenvalue weighted by Gasteiger charge is 2.30. The van der Waals surface area contributed by atoms with Gasteiger partial charge in [0.05, 0.1) is 18.2 Å². The van der Waals surface area contributed by atoms with Crippen molar-refractivity contribution >= 4 is 11.7 Å². The number of halogens is 1. The van der Waals surface area contributed by atoms with Crippen molar-refractivity contribution in [2.75, 3.05) is 11.4 Å². The first-order valence-electron chi connectivity index (χ1n) is 11.6. The van der Waals surface area contributed by atoms with E-state index in [-0.39, 0.29) is 24.2 Å². The molecule has 0 spiro atoms. The van der Waals surface area contributed by atoms with Gasteiger partial charge in [0.1, 0.15) is 6.33 Å². The molecule has 33 heavy (non-hydrogen) atoms. The first-order chi connectivity index (χ1) is 15.9. The third kappa shape index (κ3) is 5.38. The van der Waals surface area contributed by atoms with Gasteiger partial charge in [-0.25, -0.2) is 14.4 Å². The van der Waals surface area contributed by atoms with Crippen molar-refractivity contribution in [1.29, 1.82) is 0 Å². The van der Waals surface area contributed by atoms with Gasteiger partial charge in [-0.15, -0.1) is 0 Å². The summed E-state index contributed by atoms with van der Waals surface area (Å²) in [6.07, 6.45) is 4.83. The van der Waals surface area contributed by atoms with E-state index < -0.39 is 0 Å². The van der Waals surface area contributed by atoms with E-state index in [1.807, 2.05) is 24.3 Å². The highest BCUT2D eigenvalue weighted by atomic mass is 19.1. The highest BCUT2D eigenvalue weighted by Crippen LogP contribution is 2.37. The van der Waals surface area contributed by atoms with E-state index in [0.29, 0.717) is 30.3 Å². The minimum Gasteiger partial charge on any atom is -0.369 e. The number of carbonyl (C=O) groups excluding carboxylic acids is 1. The van der Waals surface area contributed by atoms with E-state index in [4.69, 9.17) is 5.73 Å². The van der Waals surface area contributed by atoms with Crippen molar-refractivity contribution in [2.24, 2.45) is 5.73 Å². The molecule has 0 bridgehead atoms. The smallest absolute Gasteiger partial charge is 0.221 e. The summed E-state index contributed by atoms with van der Waals surface area (Å²) in [5, 5.41) is 0. The van der Waals surface area contributed by atoms with Crippen molar-refractivity contribution in [3.63, 3.8) is 0 Å². The maximum Gasteiger partial charge on any atom is 0.221 e. The SMILES string of the molecule is CC(C)c1ccc(C2CCCN2c2ncnc(CCc3ccc(CC(N)=O)cc3)c2F)cc1. The number of primary amides is 1. The summed E-state index contributed by atoms with van der Waals surface area (Å²) in [6, 6.07) is 16.5. The lowest BCUT2D eigenvalue weighted by molar-refractivity contribution is -0.117. The third-order valence-electron chi connectivity index (χ3n) is 6.41. The monoisotopic (exact) mass is 446 g/mol. The summed E-state index contributed by atoms with van der Waals surface area (Å²) >= 11 is 0. The van der Waals surface area contributed by atoms with E-state index >= 15 is 4.39 Å². The molecular formula is C27H31FN4O. The van der Waals surface area contributed by atoms with Crippen LogP contribution in [0.4, 0.5) is 10.2 Å². The zero-order chi connectivity index (χ0) is 23.4. The number of carbonyl (C=O) groups is 1. The fraction of sp³-hybridized carbons (Fsp3) is 0.370. The predicted molar refractivity (Wildman–Crippen MR) is 129 cm³/mol. The molecule has 6 heteroatoms. The second kappa shape index (κ2) is 10.1. The van der Waals surface area contributed by atoms with Crippen LogP contribution in [0.2, 0.25) is 0 Å². The molecule has 0 aliphatic carbocycles. The molecule has 5 nitrogen and oxygen atoms in total. The van der Waals surface area contributed by atoms with Gasteiger partial charge in [0.2, 0.25) is 5.91 Å². The number of aryl methyl sites for hydroxylation is 2. The van der Waals surface area contributed by atoms with Crippen molar-refractivity contribution in [2.45, 2.75) is 57.9 Å². The van der Waals surface area contributed by atoms with Crippen LogP contribution in [-0.2, 0) is 24.1 Å². The van der Waals surface area contributed by atoms with Crippen LogP contribution in [0.3, 0.4) is 0 Å². The van der Waals surface area contributed by atoms with E-state index in [1.54, 1.807) is 0 Å². The number of rotatable bonds is 8. The van der Waals surface area contributed by atoms with Crippen LogP contribution in [0.25, 0.3) is 0 Å². The average molecular weight is 447 g/mol. The second-order valence-electron chi connectivity index (χ2n) is 9.09. The van der Waals surface area contributed by atoms with Gasteiger partial charge in [-0.1, -0.05) is 62.4 Å². The Morgan fingerprint density at radius 2 is 1.76 bits per heavy atom. The predicted octanol–water partition coefficient (Wildman–Crippen LogP) is 4.89. The molecule has 1 aromatic heterocycles. The zero-order valence-corrected chi connectivity index (χ0v) is 19.3. The van der Waals surface area contributed by atoms with Gasteiger partial charge in [0, 0.05) is 6.54 Å². The maximum atomic E-state index is 15.5. The largest absolute Gasteiger partial charge is 0.369 e. The summed E-state index contributed by atoms with van der Waals surface area (Å²) < 4.78 is 15.5. The first kappa shape index (κ1) is 22.9. The normalized spacial score (nSPS) is 15.9. The Hall–Kier alpha value is -3.28. The summed E-state index contributed by atoms with van der Waals surface area (Å²) in [5.41, 5.74) is 10.1. The lowest BCUT2D eigenvalue weighted by Crippen LogP contribution is -2.25. The molecule has 1 amide bonds. The fourth-order valence-corrected chi connectivity index (χ4v) is 4.53. The maximum absolute atomic E-state index is 15.5. The van der Waals surface area contributed by atoms with Gasteiger partial charge in [-0.3, -0.25) is 4.79 Å². The molecule has 1 aliphatic rings. The molecule has 1 atom stereocenters. The second-order valence-corrected chi connectivity index (χ2v) is 9.09. The average Bonchev–Trinajstić information content (AvgIpc) is 3.29. The number of hydrogen-bond acceptors (Lipinski definition) is 4. The van der Waals surface area contributed by atoms with E-state index in [9.17, 15) is 4.79 Å². The van der Waals surface area contributed by atoms with Crippen molar-refractivity contribution in [1.82, 2.24) is 9.97 Å². The molecule has 1 fully saturated rings. The molecular weight excluding hydrogens is 415 g/mol. The van der Waals surface area contributed by atoms with Crippen LogP contribution in [0.5, 0.6) is 0 Å². The van der Waals surface area contributed by atoms with Crippen LogP contribution in [0.15, 0.2) is 54.9 Å². The van der Waals surface area contributed by atoms with Crippen LogP contribution in [0.1, 0.15) is 66.6 Å². The molecule has 172 valence electrons. The highest BCUT2D eigenvalue weighted by molar-refractivity contribution is 5.76. The fourth-order valence-electron chi connectivity index (χ4n) is 4.53. The molecule has 0 radical (unpaired) electrons. The first-order valence-corrected chi connectivity index (χ1v) is 11.6. The number of amides is 1. The molecule has 1 saturated heterocycles. The molecule has 1 unspecified atom stereocenters. The number of benzene rings is 2. The summed E-state index contributed by atoms with van der Waals surface area (Å²) in [4.78, 5) is 21.7. The van der Waals surface area contributed by atoms with Crippen LogP contribution in [-0.4, -0.2) is 22.4 Å².